The summed E-state index contributed by atoms with van der Waals surface area (Å²) in [6, 6.07) is 1.92. The van der Waals surface area contributed by atoms with Crippen LogP contribution in [0.4, 0.5) is 13.2 Å². The van der Waals surface area contributed by atoms with Crippen molar-refractivity contribution in [3.8, 4) is 11.3 Å². The fourth-order valence-corrected chi connectivity index (χ4v) is 1.68. The molecule has 0 amide bonds. The summed E-state index contributed by atoms with van der Waals surface area (Å²) in [4.78, 5) is 0. The first kappa shape index (κ1) is 12.6. The van der Waals surface area contributed by atoms with Gasteiger partial charge in [0.25, 0.3) is 0 Å². The predicted octanol–water partition coefficient (Wildman–Crippen LogP) is 1.87. The van der Waals surface area contributed by atoms with E-state index in [1.165, 1.54) is 4.68 Å². The number of benzene rings is 1. The van der Waals surface area contributed by atoms with Crippen molar-refractivity contribution < 1.29 is 18.3 Å². The lowest BCUT2D eigenvalue weighted by Gasteiger charge is -2.07. The van der Waals surface area contributed by atoms with Gasteiger partial charge >= 0.3 is 0 Å². The van der Waals surface area contributed by atoms with Crippen molar-refractivity contribution in [2.24, 2.45) is 0 Å². The topological polar surface area (TPSA) is 50.9 Å². The molecule has 0 aliphatic heterocycles. The smallest absolute Gasteiger partial charge is 0.195 e. The summed E-state index contributed by atoms with van der Waals surface area (Å²) in [5.74, 6) is -4.14. The molecule has 2 aromatic rings. The summed E-state index contributed by atoms with van der Waals surface area (Å²) >= 11 is 0. The molecule has 96 valence electrons. The second-order valence-corrected chi connectivity index (χ2v) is 3.58. The molecule has 0 atom stereocenters. The van der Waals surface area contributed by atoms with Gasteiger partial charge in [-0.1, -0.05) is 5.21 Å². The van der Waals surface area contributed by atoms with Crippen LogP contribution in [-0.2, 0) is 13.2 Å². The monoisotopic (exact) mass is 257 g/mol. The molecule has 0 aliphatic carbocycles. The number of hydrogen-bond acceptors (Lipinski definition) is 3. The van der Waals surface area contributed by atoms with E-state index in [9.17, 15) is 13.2 Å². The van der Waals surface area contributed by atoms with Crippen LogP contribution in [-0.4, -0.2) is 20.1 Å². The first-order chi connectivity index (χ1) is 8.60. The third-order valence-electron chi connectivity index (χ3n) is 2.54. The van der Waals surface area contributed by atoms with E-state index in [4.69, 9.17) is 5.11 Å². The molecule has 1 heterocycles. The molecule has 7 heteroatoms. The highest BCUT2D eigenvalue weighted by atomic mass is 19.2. The van der Waals surface area contributed by atoms with Crippen molar-refractivity contribution in [1.29, 1.82) is 0 Å². The van der Waals surface area contributed by atoms with Crippen molar-refractivity contribution in [3.05, 3.63) is 35.3 Å². The minimum absolute atomic E-state index is 0.113. The van der Waals surface area contributed by atoms with Gasteiger partial charge in [0.1, 0.15) is 5.69 Å². The van der Waals surface area contributed by atoms with Crippen LogP contribution in [0.25, 0.3) is 11.3 Å². The zero-order chi connectivity index (χ0) is 13.3. The van der Waals surface area contributed by atoms with Gasteiger partial charge in [-0.25, -0.2) is 17.9 Å². The van der Waals surface area contributed by atoms with E-state index in [-0.39, 0.29) is 17.0 Å². The summed E-state index contributed by atoms with van der Waals surface area (Å²) in [6.07, 6.45) is 0. The standard InChI is InChI=1S/C11H10F3N3O/c1-2-17-11(8(5-18)15-16-17)6-3-4-7(12)10(14)9(6)13/h3-4,18H,2,5H2,1H3. The third-order valence-corrected chi connectivity index (χ3v) is 2.54. The van der Waals surface area contributed by atoms with Crippen LogP contribution in [0.2, 0.25) is 0 Å². The number of aliphatic hydroxyl groups excluding tert-OH is 1. The summed E-state index contributed by atoms with van der Waals surface area (Å²) in [7, 11) is 0. The lowest BCUT2D eigenvalue weighted by molar-refractivity contribution is 0.277. The Balaban J connectivity index is 2.68. The molecule has 0 bridgehead atoms. The van der Waals surface area contributed by atoms with Gasteiger partial charge in [0, 0.05) is 12.1 Å². The highest BCUT2D eigenvalue weighted by Crippen LogP contribution is 2.27. The molecule has 0 spiro atoms. The van der Waals surface area contributed by atoms with Gasteiger partial charge in [0.2, 0.25) is 0 Å². The van der Waals surface area contributed by atoms with E-state index in [1.54, 1.807) is 6.92 Å². The minimum Gasteiger partial charge on any atom is -0.390 e. The second kappa shape index (κ2) is 4.77. The minimum atomic E-state index is -1.56. The van der Waals surface area contributed by atoms with Crippen LogP contribution in [0.3, 0.4) is 0 Å². The lowest BCUT2D eigenvalue weighted by atomic mass is 10.1. The van der Waals surface area contributed by atoms with E-state index < -0.39 is 24.1 Å². The number of aliphatic hydroxyl groups is 1. The first-order valence-corrected chi connectivity index (χ1v) is 5.27. The number of rotatable bonds is 3. The molecule has 1 N–H and O–H groups in total. The molecule has 0 unspecified atom stereocenters. The third kappa shape index (κ3) is 1.86. The zero-order valence-corrected chi connectivity index (χ0v) is 9.49. The molecular formula is C11H10F3N3O. The Hall–Kier alpha value is -1.89. The van der Waals surface area contributed by atoms with E-state index in [0.717, 1.165) is 12.1 Å². The van der Waals surface area contributed by atoms with Gasteiger partial charge in [0.15, 0.2) is 17.5 Å². The Kier molecular flexibility index (Phi) is 3.33. The fourth-order valence-electron chi connectivity index (χ4n) is 1.68. The van der Waals surface area contributed by atoms with Crippen LogP contribution < -0.4 is 0 Å². The van der Waals surface area contributed by atoms with E-state index in [2.05, 4.69) is 10.3 Å². The van der Waals surface area contributed by atoms with Crippen molar-refractivity contribution in [3.63, 3.8) is 0 Å². The molecule has 18 heavy (non-hydrogen) atoms. The van der Waals surface area contributed by atoms with Gasteiger partial charge in [-0.3, -0.25) is 0 Å². The summed E-state index contributed by atoms with van der Waals surface area (Å²) < 4.78 is 41.1. The molecule has 4 nitrogen and oxygen atoms in total. The largest absolute Gasteiger partial charge is 0.390 e. The lowest BCUT2D eigenvalue weighted by Crippen LogP contribution is -2.03. The molecule has 1 aromatic heterocycles. The molecule has 0 aliphatic rings. The summed E-state index contributed by atoms with van der Waals surface area (Å²) in [5.41, 5.74) is 0.0861. The Bertz CT molecular complexity index is 562. The van der Waals surface area contributed by atoms with Crippen LogP contribution in [0.1, 0.15) is 12.6 Å². The molecule has 0 radical (unpaired) electrons. The van der Waals surface area contributed by atoms with Gasteiger partial charge in [-0.05, 0) is 19.1 Å². The SMILES string of the molecule is CCn1nnc(CO)c1-c1ccc(F)c(F)c1F. The van der Waals surface area contributed by atoms with Crippen LogP contribution >= 0.6 is 0 Å². The van der Waals surface area contributed by atoms with E-state index >= 15 is 0 Å². The maximum absolute atomic E-state index is 13.7. The molecule has 1 aromatic carbocycles. The molecule has 0 saturated carbocycles. The number of aromatic nitrogens is 3. The van der Waals surface area contributed by atoms with Crippen molar-refractivity contribution in [2.45, 2.75) is 20.1 Å². The first-order valence-electron chi connectivity index (χ1n) is 5.27. The van der Waals surface area contributed by atoms with Gasteiger partial charge in [-0.2, -0.15) is 0 Å². The molecule has 0 fully saturated rings. The molecule has 0 saturated heterocycles. The van der Waals surface area contributed by atoms with Crippen LogP contribution in [0.5, 0.6) is 0 Å². The predicted molar refractivity (Wildman–Crippen MR) is 56.9 cm³/mol. The maximum atomic E-state index is 13.7. The fraction of sp³-hybridized carbons (Fsp3) is 0.273. The number of aryl methyl sites for hydroxylation is 1. The average molecular weight is 257 g/mol. The van der Waals surface area contributed by atoms with Crippen LogP contribution in [0, 0.1) is 17.5 Å². The van der Waals surface area contributed by atoms with E-state index in [0.29, 0.717) is 6.54 Å². The number of nitrogens with zero attached hydrogens (tertiary/aromatic N) is 3. The highest BCUT2D eigenvalue weighted by Gasteiger charge is 2.21. The number of hydrogen-bond donors (Lipinski definition) is 1. The molecule has 2 rings (SSSR count). The Morgan fingerprint density at radius 1 is 1.22 bits per heavy atom. The van der Waals surface area contributed by atoms with Crippen molar-refractivity contribution >= 4 is 0 Å². The van der Waals surface area contributed by atoms with Gasteiger partial charge in [0.05, 0.1) is 12.3 Å². The van der Waals surface area contributed by atoms with Gasteiger partial charge < -0.3 is 5.11 Å². The Morgan fingerprint density at radius 3 is 2.56 bits per heavy atom. The normalized spacial score (nSPS) is 10.9. The summed E-state index contributed by atoms with van der Waals surface area (Å²) in [5, 5.41) is 16.5. The highest BCUT2D eigenvalue weighted by molar-refractivity contribution is 5.62. The van der Waals surface area contributed by atoms with Crippen molar-refractivity contribution in [2.75, 3.05) is 0 Å². The maximum Gasteiger partial charge on any atom is 0.195 e. The average Bonchev–Trinajstić information content (AvgIpc) is 2.79. The Labute approximate surface area is 101 Å². The quantitative estimate of drug-likeness (QED) is 0.854. The second-order valence-electron chi connectivity index (χ2n) is 3.58. The zero-order valence-electron chi connectivity index (χ0n) is 9.49. The Morgan fingerprint density at radius 2 is 1.94 bits per heavy atom. The van der Waals surface area contributed by atoms with E-state index in [1.807, 2.05) is 0 Å². The summed E-state index contributed by atoms with van der Waals surface area (Å²) in [6.45, 7) is 1.63. The number of halogens is 3. The van der Waals surface area contributed by atoms with Gasteiger partial charge in [-0.15, -0.1) is 5.10 Å². The molecular weight excluding hydrogens is 247 g/mol. The van der Waals surface area contributed by atoms with Crippen LogP contribution in [0.15, 0.2) is 12.1 Å². The van der Waals surface area contributed by atoms with Crippen molar-refractivity contribution in [1.82, 2.24) is 15.0 Å².